The first-order chi connectivity index (χ1) is 8.49. The van der Waals surface area contributed by atoms with Crippen LogP contribution in [0.3, 0.4) is 0 Å². The van der Waals surface area contributed by atoms with Crippen LogP contribution in [0.5, 0.6) is 0 Å². The molecule has 0 unspecified atom stereocenters. The van der Waals surface area contributed by atoms with Crippen LogP contribution in [0.2, 0.25) is 0 Å². The highest BCUT2D eigenvalue weighted by atomic mass is 32.2. The van der Waals surface area contributed by atoms with Crippen LogP contribution in [0.4, 0.5) is 5.82 Å². The lowest BCUT2D eigenvalue weighted by Crippen LogP contribution is -2.21. The minimum Gasteiger partial charge on any atom is -0.368 e. The van der Waals surface area contributed by atoms with Gasteiger partial charge < -0.3 is 5.32 Å². The highest BCUT2D eigenvalue weighted by Crippen LogP contribution is 2.29. The molecule has 0 aliphatic heterocycles. The summed E-state index contributed by atoms with van der Waals surface area (Å²) in [5, 5.41) is 6.58. The van der Waals surface area contributed by atoms with Crippen molar-refractivity contribution in [3.8, 4) is 0 Å². The fourth-order valence-corrected chi connectivity index (χ4v) is 2.96. The van der Waals surface area contributed by atoms with E-state index in [1.165, 1.54) is 5.56 Å². The third-order valence-corrected chi connectivity index (χ3v) is 5.14. The van der Waals surface area contributed by atoms with Gasteiger partial charge in [0.2, 0.25) is 0 Å². The van der Waals surface area contributed by atoms with Crippen LogP contribution < -0.4 is 5.32 Å². The number of nitrogens with zero attached hydrogens (tertiary/aromatic N) is 2. The van der Waals surface area contributed by atoms with E-state index < -0.39 is 10.8 Å². The molecule has 0 fully saturated rings. The SMILES string of the molecule is Cc1nc(NC[C@H](C)[S@](C)=O)c2c(C)csc2n1. The number of thiophene rings is 1. The second-order valence-electron chi connectivity index (χ2n) is 4.41. The van der Waals surface area contributed by atoms with Gasteiger partial charge in [0.25, 0.3) is 0 Å². The number of anilines is 1. The Morgan fingerprint density at radius 1 is 1.44 bits per heavy atom. The van der Waals surface area contributed by atoms with E-state index in [1.54, 1.807) is 17.6 Å². The molecule has 0 aliphatic carbocycles. The van der Waals surface area contributed by atoms with Crippen molar-refractivity contribution in [2.24, 2.45) is 0 Å². The first kappa shape index (κ1) is 13.4. The fraction of sp³-hybridized carbons (Fsp3) is 0.500. The standard InChI is InChI=1S/C12H17N3OS2/c1-7-6-17-12-10(7)11(14-9(3)15-12)13-5-8(2)18(4)16/h6,8H,5H2,1-4H3,(H,13,14,15)/t8-,18-/m0/s1. The van der Waals surface area contributed by atoms with Crippen molar-refractivity contribution in [3.63, 3.8) is 0 Å². The van der Waals surface area contributed by atoms with Crippen LogP contribution in [0, 0.1) is 13.8 Å². The summed E-state index contributed by atoms with van der Waals surface area (Å²) in [5.74, 6) is 1.62. The van der Waals surface area contributed by atoms with Crippen LogP contribution in [0.25, 0.3) is 10.2 Å². The number of hydrogen-bond acceptors (Lipinski definition) is 5. The van der Waals surface area contributed by atoms with Gasteiger partial charge in [-0.2, -0.15) is 0 Å². The minimum absolute atomic E-state index is 0.106. The smallest absolute Gasteiger partial charge is 0.138 e. The molecule has 2 atom stereocenters. The Kier molecular flexibility index (Phi) is 3.97. The van der Waals surface area contributed by atoms with Crippen molar-refractivity contribution in [1.82, 2.24) is 9.97 Å². The Hall–Kier alpha value is -1.01. The van der Waals surface area contributed by atoms with Crippen LogP contribution in [0.1, 0.15) is 18.3 Å². The van der Waals surface area contributed by atoms with Gasteiger partial charge in [-0.15, -0.1) is 11.3 Å². The molecule has 18 heavy (non-hydrogen) atoms. The van der Waals surface area contributed by atoms with E-state index in [-0.39, 0.29) is 5.25 Å². The minimum atomic E-state index is -0.822. The van der Waals surface area contributed by atoms with E-state index in [2.05, 4.69) is 27.6 Å². The van der Waals surface area contributed by atoms with Crippen molar-refractivity contribution in [2.45, 2.75) is 26.0 Å². The van der Waals surface area contributed by atoms with Gasteiger partial charge in [-0.25, -0.2) is 9.97 Å². The van der Waals surface area contributed by atoms with Crippen LogP contribution >= 0.6 is 11.3 Å². The van der Waals surface area contributed by atoms with Crippen LogP contribution in [0.15, 0.2) is 5.38 Å². The molecule has 4 nitrogen and oxygen atoms in total. The van der Waals surface area contributed by atoms with Crippen LogP contribution in [-0.2, 0) is 10.8 Å². The number of hydrogen-bond donors (Lipinski definition) is 1. The largest absolute Gasteiger partial charge is 0.368 e. The average molecular weight is 283 g/mol. The summed E-state index contributed by atoms with van der Waals surface area (Å²) in [4.78, 5) is 9.89. The number of fused-ring (bicyclic) bond motifs is 1. The third-order valence-electron chi connectivity index (χ3n) is 2.85. The van der Waals surface area contributed by atoms with E-state index >= 15 is 0 Å². The molecule has 0 aliphatic rings. The molecule has 0 saturated carbocycles. The monoisotopic (exact) mass is 283 g/mol. The average Bonchev–Trinajstić information content (AvgIpc) is 2.67. The van der Waals surface area contributed by atoms with E-state index in [0.717, 1.165) is 21.9 Å². The van der Waals surface area contributed by atoms with Crippen molar-refractivity contribution in [2.75, 3.05) is 18.1 Å². The molecule has 0 radical (unpaired) electrons. The Balaban J connectivity index is 2.32. The summed E-state index contributed by atoms with van der Waals surface area (Å²) < 4.78 is 11.4. The lowest BCUT2D eigenvalue weighted by molar-refractivity contribution is 0.679. The van der Waals surface area contributed by atoms with Crippen molar-refractivity contribution >= 4 is 38.2 Å². The molecule has 1 N–H and O–H groups in total. The number of aryl methyl sites for hydroxylation is 2. The molecule has 98 valence electrons. The summed E-state index contributed by atoms with van der Waals surface area (Å²) in [6, 6.07) is 0. The highest BCUT2D eigenvalue weighted by molar-refractivity contribution is 7.84. The Bertz CT molecular complexity index is 594. The maximum absolute atomic E-state index is 11.4. The zero-order chi connectivity index (χ0) is 13.3. The van der Waals surface area contributed by atoms with Gasteiger partial charge in [0.1, 0.15) is 16.5 Å². The molecule has 2 aromatic rings. The zero-order valence-electron chi connectivity index (χ0n) is 11.0. The van der Waals surface area contributed by atoms with Gasteiger partial charge >= 0.3 is 0 Å². The molecular weight excluding hydrogens is 266 g/mol. The zero-order valence-corrected chi connectivity index (χ0v) is 12.6. The summed E-state index contributed by atoms with van der Waals surface area (Å²) >= 11 is 1.63. The van der Waals surface area contributed by atoms with Gasteiger partial charge in [0.05, 0.1) is 5.39 Å². The summed E-state index contributed by atoms with van der Waals surface area (Å²) in [5.41, 5.74) is 1.18. The second-order valence-corrected chi connectivity index (χ2v) is 7.07. The van der Waals surface area contributed by atoms with E-state index in [0.29, 0.717) is 6.54 Å². The predicted octanol–water partition coefficient (Wildman–Crippen LogP) is 2.49. The molecule has 6 heteroatoms. The summed E-state index contributed by atoms with van der Waals surface area (Å²) in [6.07, 6.45) is 1.73. The lowest BCUT2D eigenvalue weighted by Gasteiger charge is -2.12. The van der Waals surface area contributed by atoms with Gasteiger partial charge in [-0.05, 0) is 31.7 Å². The lowest BCUT2D eigenvalue weighted by atomic mass is 10.2. The normalized spacial score (nSPS) is 14.7. The second kappa shape index (κ2) is 5.32. The maximum Gasteiger partial charge on any atom is 0.138 e. The van der Waals surface area contributed by atoms with Gasteiger partial charge in [-0.3, -0.25) is 4.21 Å². The predicted molar refractivity (Wildman–Crippen MR) is 78.9 cm³/mol. The Labute approximate surface area is 113 Å². The molecule has 0 spiro atoms. The molecule has 0 bridgehead atoms. The number of rotatable bonds is 4. The maximum atomic E-state index is 11.4. The third kappa shape index (κ3) is 2.70. The van der Waals surface area contributed by atoms with Crippen molar-refractivity contribution in [3.05, 3.63) is 16.8 Å². The van der Waals surface area contributed by atoms with Crippen molar-refractivity contribution < 1.29 is 4.21 Å². The van der Waals surface area contributed by atoms with E-state index in [1.807, 2.05) is 13.8 Å². The quantitative estimate of drug-likeness (QED) is 0.936. The molecule has 2 heterocycles. The van der Waals surface area contributed by atoms with Gasteiger partial charge in [0, 0.05) is 28.9 Å². The highest BCUT2D eigenvalue weighted by Gasteiger charge is 2.12. The van der Waals surface area contributed by atoms with Gasteiger partial charge in [-0.1, -0.05) is 0 Å². The molecular formula is C12H17N3OS2. The first-order valence-corrected chi connectivity index (χ1v) is 8.27. The number of aromatic nitrogens is 2. The van der Waals surface area contributed by atoms with Crippen LogP contribution in [-0.4, -0.2) is 32.2 Å². The molecule has 0 amide bonds. The fourth-order valence-electron chi connectivity index (χ4n) is 1.68. The number of nitrogens with one attached hydrogen (secondary N) is 1. The van der Waals surface area contributed by atoms with E-state index in [4.69, 9.17) is 0 Å². The molecule has 2 aromatic heterocycles. The topological polar surface area (TPSA) is 54.9 Å². The first-order valence-electron chi connectivity index (χ1n) is 5.77. The van der Waals surface area contributed by atoms with Gasteiger partial charge in [0.15, 0.2) is 0 Å². The Morgan fingerprint density at radius 2 is 2.17 bits per heavy atom. The Morgan fingerprint density at radius 3 is 2.83 bits per heavy atom. The summed E-state index contributed by atoms with van der Waals surface area (Å²) in [6.45, 7) is 6.57. The molecule has 0 saturated heterocycles. The summed E-state index contributed by atoms with van der Waals surface area (Å²) in [7, 11) is -0.822. The molecule has 2 rings (SSSR count). The van der Waals surface area contributed by atoms with E-state index in [9.17, 15) is 4.21 Å². The van der Waals surface area contributed by atoms with Crippen molar-refractivity contribution in [1.29, 1.82) is 0 Å². The molecule has 0 aromatic carbocycles.